The van der Waals surface area contributed by atoms with E-state index in [0.717, 1.165) is 10.9 Å². The summed E-state index contributed by atoms with van der Waals surface area (Å²) in [7, 11) is 0. The summed E-state index contributed by atoms with van der Waals surface area (Å²) in [6.45, 7) is 1.74. The molecule has 0 unspecified atom stereocenters. The average molecular weight is 441 g/mol. The highest BCUT2D eigenvalue weighted by Crippen LogP contribution is 2.30. The Bertz CT molecular complexity index is 1060. The first-order valence-electron chi connectivity index (χ1n) is 8.87. The van der Waals surface area contributed by atoms with Crippen molar-refractivity contribution in [2.75, 3.05) is 5.32 Å². The summed E-state index contributed by atoms with van der Waals surface area (Å²) in [5.41, 5.74) is 1.67. The van der Waals surface area contributed by atoms with E-state index in [1.54, 1.807) is 19.1 Å². The second-order valence-corrected chi connectivity index (χ2v) is 7.45. The quantitative estimate of drug-likeness (QED) is 0.594. The number of hydrogen-bond donors (Lipinski definition) is 1. The molecular weight excluding hydrogens is 424 g/mol. The zero-order valence-corrected chi connectivity index (χ0v) is 16.7. The zero-order chi connectivity index (χ0) is 19.7. The van der Waals surface area contributed by atoms with Gasteiger partial charge in [0.05, 0.1) is 17.4 Å². The van der Waals surface area contributed by atoms with Crippen LogP contribution < -0.4 is 10.1 Å². The Morgan fingerprint density at radius 2 is 2.11 bits per heavy atom. The van der Waals surface area contributed by atoms with E-state index in [2.05, 4.69) is 26.2 Å². The third-order valence-electron chi connectivity index (χ3n) is 4.53. The number of ether oxygens (including phenoxy) is 1. The molecule has 28 heavy (non-hydrogen) atoms. The number of fused-ring (bicyclic) bond motifs is 1. The molecule has 2 aromatic heterocycles. The van der Waals surface area contributed by atoms with Gasteiger partial charge in [0.1, 0.15) is 11.5 Å². The summed E-state index contributed by atoms with van der Waals surface area (Å²) in [5, 5.41) is 2.75. The topological polar surface area (TPSA) is 81.4 Å². The highest BCUT2D eigenvalue weighted by Gasteiger charge is 2.28. The van der Waals surface area contributed by atoms with Crippen LogP contribution in [0.2, 0.25) is 0 Å². The van der Waals surface area contributed by atoms with Gasteiger partial charge >= 0.3 is 0 Å². The largest absolute Gasteiger partial charge is 0.455 e. The van der Waals surface area contributed by atoms with Gasteiger partial charge in [-0.05, 0) is 37.6 Å². The molecular formula is C21H17BrN2O4. The molecule has 0 fully saturated rings. The number of nitrogens with zero attached hydrogens (tertiary/aromatic N) is 1. The molecule has 0 spiro atoms. The molecule has 2 heterocycles. The molecule has 1 amide bonds. The normalized spacial score (nSPS) is 13.1. The first-order chi connectivity index (χ1) is 13.5. The molecule has 0 atom stereocenters. The molecule has 0 bridgehead atoms. The van der Waals surface area contributed by atoms with E-state index in [0.29, 0.717) is 47.0 Å². The number of carbonyl (C=O) groups is 2. The van der Waals surface area contributed by atoms with Crippen LogP contribution in [-0.4, -0.2) is 16.7 Å². The highest BCUT2D eigenvalue weighted by atomic mass is 79.9. The van der Waals surface area contributed by atoms with Gasteiger partial charge in [0.2, 0.25) is 5.88 Å². The summed E-state index contributed by atoms with van der Waals surface area (Å²) in [6.07, 6.45) is 3.44. The van der Waals surface area contributed by atoms with Crippen molar-refractivity contribution in [3.63, 3.8) is 0 Å². The van der Waals surface area contributed by atoms with Crippen LogP contribution in [0.4, 0.5) is 5.69 Å². The molecule has 6 nitrogen and oxygen atoms in total. The Kier molecular flexibility index (Phi) is 5.00. The van der Waals surface area contributed by atoms with E-state index in [1.807, 2.05) is 24.3 Å². The van der Waals surface area contributed by atoms with Crippen LogP contribution in [0.15, 0.2) is 51.5 Å². The number of pyridine rings is 1. The summed E-state index contributed by atoms with van der Waals surface area (Å²) in [6, 6.07) is 10.8. The van der Waals surface area contributed by atoms with E-state index in [4.69, 9.17) is 9.15 Å². The minimum atomic E-state index is -0.401. The Labute approximate surface area is 170 Å². The van der Waals surface area contributed by atoms with E-state index in [9.17, 15) is 9.59 Å². The van der Waals surface area contributed by atoms with Crippen LogP contribution in [0, 0.1) is 6.92 Å². The molecule has 0 radical (unpaired) electrons. The van der Waals surface area contributed by atoms with Crippen molar-refractivity contribution in [1.82, 2.24) is 4.98 Å². The fourth-order valence-corrected chi connectivity index (χ4v) is 3.60. The van der Waals surface area contributed by atoms with Gasteiger partial charge in [0.25, 0.3) is 5.91 Å². The lowest BCUT2D eigenvalue weighted by molar-refractivity contribution is 0.0963. The van der Waals surface area contributed by atoms with Gasteiger partial charge in [-0.2, -0.15) is 0 Å². The molecule has 1 aromatic carbocycles. The van der Waals surface area contributed by atoms with Gasteiger partial charge in [-0.3, -0.25) is 9.59 Å². The summed E-state index contributed by atoms with van der Waals surface area (Å²) < 4.78 is 12.3. The molecule has 1 N–H and O–H groups in total. The van der Waals surface area contributed by atoms with Crippen molar-refractivity contribution in [2.24, 2.45) is 0 Å². The van der Waals surface area contributed by atoms with Gasteiger partial charge < -0.3 is 14.5 Å². The van der Waals surface area contributed by atoms with Crippen molar-refractivity contribution >= 4 is 33.3 Å². The van der Waals surface area contributed by atoms with Crippen LogP contribution in [0.25, 0.3) is 0 Å². The van der Waals surface area contributed by atoms with Gasteiger partial charge in [0.15, 0.2) is 11.5 Å². The predicted octanol–water partition coefficient (Wildman–Crippen LogP) is 5.31. The van der Waals surface area contributed by atoms with Crippen molar-refractivity contribution < 1.29 is 18.7 Å². The average Bonchev–Trinajstić information content (AvgIpc) is 3.01. The lowest BCUT2D eigenvalue weighted by atomic mass is 9.94. The number of nitrogens with one attached hydrogen (secondary N) is 1. The van der Waals surface area contributed by atoms with E-state index in [1.165, 1.54) is 6.20 Å². The monoisotopic (exact) mass is 440 g/mol. The number of carbonyl (C=O) groups excluding carboxylic acids is 2. The van der Waals surface area contributed by atoms with Crippen LogP contribution in [0.5, 0.6) is 11.6 Å². The predicted molar refractivity (Wildman–Crippen MR) is 107 cm³/mol. The fourth-order valence-electron chi connectivity index (χ4n) is 3.22. The summed E-state index contributed by atoms with van der Waals surface area (Å²) in [5.74, 6) is 1.48. The highest BCUT2D eigenvalue weighted by molar-refractivity contribution is 9.10. The van der Waals surface area contributed by atoms with E-state index >= 15 is 0 Å². The third-order valence-corrected chi connectivity index (χ3v) is 5.02. The maximum absolute atomic E-state index is 12.6. The number of anilines is 1. The van der Waals surface area contributed by atoms with Crippen molar-refractivity contribution in [2.45, 2.75) is 26.2 Å². The molecule has 0 saturated carbocycles. The minimum absolute atomic E-state index is 0.0391. The number of amides is 1. The van der Waals surface area contributed by atoms with E-state index < -0.39 is 5.91 Å². The SMILES string of the molecule is Cc1c(C(=O)Nc2ccc(Oc3cccc(Br)c3)nc2)oc2c1C(=O)CCC2. The number of benzene rings is 1. The lowest BCUT2D eigenvalue weighted by Crippen LogP contribution is -2.13. The molecule has 7 heteroatoms. The minimum Gasteiger partial charge on any atom is -0.455 e. The van der Waals surface area contributed by atoms with Crippen molar-refractivity contribution in [1.29, 1.82) is 0 Å². The molecule has 4 rings (SSSR count). The summed E-state index contributed by atoms with van der Waals surface area (Å²) in [4.78, 5) is 28.9. The number of furan rings is 1. The number of rotatable bonds is 4. The van der Waals surface area contributed by atoms with Crippen molar-refractivity contribution in [3.05, 3.63) is 69.7 Å². The number of ketones is 1. The maximum atomic E-state index is 12.6. The Hall–Kier alpha value is -2.93. The van der Waals surface area contributed by atoms with Gasteiger partial charge in [-0.1, -0.05) is 22.0 Å². The standard InChI is InChI=1S/C21H17BrN2O4/c1-12-19-16(25)6-3-7-17(19)28-20(12)21(26)24-14-8-9-18(23-11-14)27-15-5-2-4-13(22)10-15/h2,4-5,8-11H,3,6-7H2,1H3,(H,24,26). The Morgan fingerprint density at radius 1 is 1.25 bits per heavy atom. The molecule has 1 aliphatic carbocycles. The lowest BCUT2D eigenvalue weighted by Gasteiger charge is -2.07. The molecule has 1 aliphatic rings. The fraction of sp³-hybridized carbons (Fsp3) is 0.190. The van der Waals surface area contributed by atoms with Crippen LogP contribution in [-0.2, 0) is 6.42 Å². The molecule has 0 saturated heterocycles. The first-order valence-corrected chi connectivity index (χ1v) is 9.67. The smallest absolute Gasteiger partial charge is 0.291 e. The third kappa shape index (κ3) is 3.71. The number of halogens is 1. The number of aryl methyl sites for hydroxylation is 1. The Balaban J connectivity index is 1.47. The Morgan fingerprint density at radius 3 is 2.82 bits per heavy atom. The molecule has 0 aliphatic heterocycles. The van der Waals surface area contributed by atoms with Gasteiger partial charge in [0, 0.05) is 28.9 Å². The van der Waals surface area contributed by atoms with E-state index in [-0.39, 0.29) is 11.5 Å². The van der Waals surface area contributed by atoms with Gasteiger partial charge in [-0.15, -0.1) is 0 Å². The van der Waals surface area contributed by atoms with Crippen LogP contribution >= 0.6 is 15.9 Å². The zero-order valence-electron chi connectivity index (χ0n) is 15.1. The molecule has 3 aromatic rings. The summed E-state index contributed by atoms with van der Waals surface area (Å²) >= 11 is 3.39. The van der Waals surface area contributed by atoms with Crippen LogP contribution in [0.3, 0.4) is 0 Å². The van der Waals surface area contributed by atoms with Gasteiger partial charge in [-0.25, -0.2) is 4.98 Å². The number of aromatic nitrogens is 1. The first kappa shape index (κ1) is 18.4. The maximum Gasteiger partial charge on any atom is 0.291 e. The van der Waals surface area contributed by atoms with Crippen LogP contribution in [0.1, 0.15) is 45.1 Å². The number of hydrogen-bond acceptors (Lipinski definition) is 5. The van der Waals surface area contributed by atoms with Crippen molar-refractivity contribution in [3.8, 4) is 11.6 Å². The second-order valence-electron chi connectivity index (χ2n) is 6.53. The molecule has 142 valence electrons. The number of Topliss-reactive ketones (excluding diaryl/α,β-unsaturated/α-hetero) is 1. The second kappa shape index (κ2) is 7.59.